The van der Waals surface area contributed by atoms with E-state index in [-0.39, 0.29) is 5.56 Å². The molecule has 1 aromatic carbocycles. The normalized spacial score (nSPS) is 10.5. The minimum absolute atomic E-state index is 0.131. The summed E-state index contributed by atoms with van der Waals surface area (Å²) in [5, 5.41) is 7.15. The number of pyridine rings is 1. The monoisotopic (exact) mass is 370 g/mol. The fraction of sp³-hybridized carbons (Fsp3) is 0.211. The van der Waals surface area contributed by atoms with Gasteiger partial charge < -0.3 is 14.8 Å². The van der Waals surface area contributed by atoms with Gasteiger partial charge in [-0.25, -0.2) is 9.07 Å². The van der Waals surface area contributed by atoms with Crippen LogP contribution in [0.25, 0.3) is 0 Å². The van der Waals surface area contributed by atoms with E-state index in [1.807, 2.05) is 19.1 Å². The molecule has 0 aliphatic carbocycles. The molecular weight excluding hydrogens is 351 g/mol. The van der Waals surface area contributed by atoms with Crippen LogP contribution in [0.15, 0.2) is 42.7 Å². The van der Waals surface area contributed by atoms with Crippen molar-refractivity contribution >= 4 is 11.7 Å². The first-order valence-corrected chi connectivity index (χ1v) is 8.17. The molecule has 0 radical (unpaired) electrons. The first-order valence-electron chi connectivity index (χ1n) is 8.17. The maximum atomic E-state index is 13.3. The van der Waals surface area contributed by atoms with E-state index in [0.717, 1.165) is 23.5 Å². The first-order chi connectivity index (χ1) is 13.0. The Kier molecular flexibility index (Phi) is 5.35. The topological polar surface area (TPSA) is 78.3 Å². The van der Waals surface area contributed by atoms with Crippen LogP contribution < -0.4 is 14.8 Å². The van der Waals surface area contributed by atoms with Gasteiger partial charge in [0.2, 0.25) is 0 Å². The van der Waals surface area contributed by atoms with Crippen LogP contribution in [-0.4, -0.2) is 34.9 Å². The Labute approximate surface area is 155 Å². The third-order valence-electron chi connectivity index (χ3n) is 3.89. The highest BCUT2D eigenvalue weighted by Gasteiger charge is 2.13. The Balaban J connectivity index is 1.83. The van der Waals surface area contributed by atoms with Crippen molar-refractivity contribution in [1.82, 2.24) is 14.8 Å². The molecule has 3 aromatic rings. The molecular formula is C19H19FN4O3. The van der Waals surface area contributed by atoms with Crippen LogP contribution in [0.3, 0.4) is 0 Å². The number of halogens is 1. The number of nitrogens with one attached hydrogen (secondary N) is 1. The number of carbonyl (C=O) groups excluding carboxylic acids is 1. The molecule has 0 unspecified atom stereocenters. The number of hydrogen-bond acceptors (Lipinski definition) is 5. The molecule has 8 heteroatoms. The van der Waals surface area contributed by atoms with Crippen LogP contribution in [0.1, 0.15) is 21.6 Å². The van der Waals surface area contributed by atoms with Gasteiger partial charge in [0.1, 0.15) is 11.6 Å². The van der Waals surface area contributed by atoms with Crippen LogP contribution in [-0.2, 0) is 6.54 Å². The molecule has 2 heterocycles. The molecule has 27 heavy (non-hydrogen) atoms. The van der Waals surface area contributed by atoms with Crippen molar-refractivity contribution in [2.75, 3.05) is 19.5 Å². The van der Waals surface area contributed by atoms with Crippen molar-refractivity contribution in [3.63, 3.8) is 0 Å². The van der Waals surface area contributed by atoms with Gasteiger partial charge in [-0.1, -0.05) is 6.07 Å². The molecule has 0 fully saturated rings. The number of anilines is 1. The summed E-state index contributed by atoms with van der Waals surface area (Å²) in [6.45, 7) is 2.23. The van der Waals surface area contributed by atoms with E-state index in [1.54, 1.807) is 31.0 Å². The highest BCUT2D eigenvalue weighted by molar-refractivity contribution is 6.03. The maximum absolute atomic E-state index is 13.3. The molecule has 1 amide bonds. The Hall–Kier alpha value is -3.42. The van der Waals surface area contributed by atoms with Crippen LogP contribution >= 0.6 is 0 Å². The summed E-state index contributed by atoms with van der Waals surface area (Å²) in [7, 11) is 3.14. The average Bonchev–Trinajstić information content (AvgIpc) is 3.00. The van der Waals surface area contributed by atoms with Gasteiger partial charge in [0.15, 0.2) is 11.5 Å². The van der Waals surface area contributed by atoms with Crippen molar-refractivity contribution in [3.05, 3.63) is 65.4 Å². The Morgan fingerprint density at radius 3 is 2.63 bits per heavy atom. The fourth-order valence-corrected chi connectivity index (χ4v) is 2.64. The number of rotatable bonds is 6. The molecule has 0 aliphatic heterocycles. The zero-order chi connectivity index (χ0) is 19.4. The molecule has 0 spiro atoms. The van der Waals surface area contributed by atoms with Crippen LogP contribution in [0.5, 0.6) is 11.5 Å². The van der Waals surface area contributed by atoms with Gasteiger partial charge in [-0.05, 0) is 30.7 Å². The Morgan fingerprint density at radius 1 is 1.15 bits per heavy atom. The zero-order valence-corrected chi connectivity index (χ0v) is 15.2. The van der Waals surface area contributed by atoms with E-state index in [0.29, 0.717) is 23.9 Å². The van der Waals surface area contributed by atoms with E-state index >= 15 is 0 Å². The summed E-state index contributed by atoms with van der Waals surface area (Å²) in [6.07, 6.45) is 2.35. The second kappa shape index (κ2) is 7.86. The molecule has 0 atom stereocenters. The molecule has 2 aromatic heterocycles. The van der Waals surface area contributed by atoms with E-state index < -0.39 is 11.7 Å². The number of carbonyl (C=O) groups is 1. The van der Waals surface area contributed by atoms with Crippen LogP contribution in [0, 0.1) is 12.7 Å². The van der Waals surface area contributed by atoms with Crippen molar-refractivity contribution in [1.29, 1.82) is 0 Å². The average molecular weight is 370 g/mol. The quantitative estimate of drug-likeness (QED) is 0.722. The maximum Gasteiger partial charge on any atom is 0.258 e. The van der Waals surface area contributed by atoms with E-state index in [2.05, 4.69) is 15.4 Å². The molecule has 0 saturated heterocycles. The van der Waals surface area contributed by atoms with Crippen molar-refractivity contribution < 1.29 is 18.7 Å². The number of benzene rings is 1. The van der Waals surface area contributed by atoms with Crippen LogP contribution in [0.2, 0.25) is 0 Å². The van der Waals surface area contributed by atoms with Gasteiger partial charge in [0.05, 0.1) is 38.2 Å². The summed E-state index contributed by atoms with van der Waals surface area (Å²) in [5.41, 5.74) is 1.79. The highest BCUT2D eigenvalue weighted by atomic mass is 19.1. The lowest BCUT2D eigenvalue weighted by Crippen LogP contribution is -2.16. The third kappa shape index (κ3) is 4.22. The smallest absolute Gasteiger partial charge is 0.258 e. The van der Waals surface area contributed by atoms with Crippen molar-refractivity contribution in [2.24, 2.45) is 0 Å². The minimum atomic E-state index is -0.572. The highest BCUT2D eigenvalue weighted by Crippen LogP contribution is 2.28. The van der Waals surface area contributed by atoms with E-state index in [4.69, 9.17) is 9.47 Å². The summed E-state index contributed by atoms with van der Waals surface area (Å²) in [5.74, 6) is 0.699. The summed E-state index contributed by atoms with van der Waals surface area (Å²) in [6, 6.07) is 8.41. The lowest BCUT2D eigenvalue weighted by molar-refractivity contribution is 0.102. The zero-order valence-electron chi connectivity index (χ0n) is 15.2. The molecule has 7 nitrogen and oxygen atoms in total. The summed E-state index contributed by atoms with van der Waals surface area (Å²) in [4.78, 5) is 16.1. The molecule has 0 aliphatic rings. The number of amides is 1. The second-order valence-corrected chi connectivity index (χ2v) is 5.86. The number of ether oxygens (including phenoxy) is 2. The molecule has 1 N–H and O–H groups in total. The van der Waals surface area contributed by atoms with Crippen molar-refractivity contribution in [2.45, 2.75) is 13.5 Å². The lowest BCUT2D eigenvalue weighted by Gasteiger charge is -2.12. The molecule has 140 valence electrons. The van der Waals surface area contributed by atoms with Gasteiger partial charge in [-0.2, -0.15) is 5.10 Å². The summed E-state index contributed by atoms with van der Waals surface area (Å²) >= 11 is 0. The standard InChI is InChI=1S/C19H19FN4O3/c1-12-6-18(22-19(25)14-8-15(20)10-21-9-14)24(23-12)11-13-4-5-16(26-2)17(7-13)27-3/h4-10H,11H2,1-3H3,(H,22,25). The second-order valence-electron chi connectivity index (χ2n) is 5.86. The first kappa shape index (κ1) is 18.4. The van der Waals surface area contributed by atoms with Crippen LogP contribution in [0.4, 0.5) is 10.2 Å². The number of aryl methyl sites for hydroxylation is 1. The SMILES string of the molecule is COc1ccc(Cn2nc(C)cc2NC(=O)c2cncc(F)c2)cc1OC. The molecule has 0 saturated carbocycles. The summed E-state index contributed by atoms with van der Waals surface area (Å²) < 4.78 is 25.5. The van der Waals surface area contributed by atoms with E-state index in [1.165, 1.54) is 6.20 Å². The Morgan fingerprint density at radius 2 is 1.93 bits per heavy atom. The largest absolute Gasteiger partial charge is 0.493 e. The van der Waals surface area contributed by atoms with Gasteiger partial charge in [0, 0.05) is 12.3 Å². The predicted octanol–water partition coefficient (Wildman–Crippen LogP) is 3.04. The minimum Gasteiger partial charge on any atom is -0.493 e. The van der Waals surface area contributed by atoms with Gasteiger partial charge in [-0.15, -0.1) is 0 Å². The number of methoxy groups -OCH3 is 2. The lowest BCUT2D eigenvalue weighted by atomic mass is 10.2. The van der Waals surface area contributed by atoms with E-state index in [9.17, 15) is 9.18 Å². The number of aromatic nitrogens is 3. The third-order valence-corrected chi connectivity index (χ3v) is 3.89. The molecule has 0 bridgehead atoms. The number of nitrogens with zero attached hydrogens (tertiary/aromatic N) is 3. The predicted molar refractivity (Wildman–Crippen MR) is 97.8 cm³/mol. The Bertz CT molecular complexity index is 971. The number of hydrogen-bond donors (Lipinski definition) is 1. The van der Waals surface area contributed by atoms with Gasteiger partial charge >= 0.3 is 0 Å². The van der Waals surface area contributed by atoms with Gasteiger partial charge in [-0.3, -0.25) is 9.78 Å². The van der Waals surface area contributed by atoms with Gasteiger partial charge in [0.25, 0.3) is 5.91 Å². The fourth-order valence-electron chi connectivity index (χ4n) is 2.64. The van der Waals surface area contributed by atoms with Crippen molar-refractivity contribution in [3.8, 4) is 11.5 Å². The molecule has 3 rings (SSSR count).